The lowest BCUT2D eigenvalue weighted by Crippen LogP contribution is -2.14. The number of carbonyl (C=O) groups is 1. The maximum absolute atomic E-state index is 12.6. The maximum atomic E-state index is 12.6. The van der Waals surface area contributed by atoms with Crippen molar-refractivity contribution < 1.29 is 18.1 Å². The molecule has 2 aromatic carbocycles. The van der Waals surface area contributed by atoms with Gasteiger partial charge in [-0.25, -0.2) is 8.42 Å². The van der Waals surface area contributed by atoms with Crippen LogP contribution in [0.2, 0.25) is 0 Å². The molecule has 8 heteroatoms. The molecule has 2 aromatic rings. The van der Waals surface area contributed by atoms with Crippen LogP contribution >= 0.6 is 0 Å². The summed E-state index contributed by atoms with van der Waals surface area (Å²) in [5.74, 6) is 0.143. The Kier molecular flexibility index (Phi) is 5.36. The Morgan fingerprint density at radius 3 is 2.19 bits per heavy atom. The van der Waals surface area contributed by atoms with Gasteiger partial charge in [-0.2, -0.15) is 0 Å². The Labute approximate surface area is 156 Å². The molecule has 0 aliphatic heterocycles. The molecule has 0 spiro atoms. The molecule has 0 fully saturated rings. The number of nitro groups is 1. The van der Waals surface area contributed by atoms with Crippen LogP contribution in [0.3, 0.4) is 0 Å². The van der Waals surface area contributed by atoms with Crippen molar-refractivity contribution in [3.05, 3.63) is 70.8 Å². The van der Waals surface area contributed by atoms with Crippen molar-refractivity contribution in [1.82, 2.24) is 0 Å². The van der Waals surface area contributed by atoms with E-state index < -0.39 is 14.8 Å². The number of amides is 1. The molecule has 3 rings (SSSR count). The normalized spacial score (nSPS) is 16.2. The molecule has 0 bridgehead atoms. The van der Waals surface area contributed by atoms with E-state index in [0.717, 1.165) is 25.0 Å². The van der Waals surface area contributed by atoms with Gasteiger partial charge in [-0.1, -0.05) is 12.2 Å². The maximum Gasteiger partial charge on any atom is 0.269 e. The van der Waals surface area contributed by atoms with Crippen LogP contribution in [0.15, 0.2) is 70.5 Å². The number of rotatable bonds is 6. The van der Waals surface area contributed by atoms with Gasteiger partial charge in [0.15, 0.2) is 0 Å². The molecule has 0 saturated heterocycles. The summed E-state index contributed by atoms with van der Waals surface area (Å²) in [6.45, 7) is 0. The molecule has 1 aliphatic carbocycles. The molecular weight excluding hydrogens is 368 g/mol. The zero-order chi connectivity index (χ0) is 19.4. The molecule has 27 heavy (non-hydrogen) atoms. The van der Waals surface area contributed by atoms with Crippen LogP contribution < -0.4 is 5.32 Å². The minimum Gasteiger partial charge on any atom is -0.326 e. The van der Waals surface area contributed by atoms with Crippen molar-refractivity contribution >= 4 is 27.1 Å². The van der Waals surface area contributed by atoms with Crippen molar-refractivity contribution in [3.63, 3.8) is 0 Å². The third kappa shape index (κ3) is 4.40. The van der Waals surface area contributed by atoms with Crippen LogP contribution in [0.4, 0.5) is 11.4 Å². The van der Waals surface area contributed by atoms with Crippen LogP contribution in [0.1, 0.15) is 19.3 Å². The molecule has 0 aromatic heterocycles. The van der Waals surface area contributed by atoms with Gasteiger partial charge in [0.25, 0.3) is 5.69 Å². The predicted octanol–water partition coefficient (Wildman–Crippen LogP) is 3.72. The number of hydrogen-bond acceptors (Lipinski definition) is 5. The lowest BCUT2D eigenvalue weighted by atomic mass is 10.1. The number of carbonyl (C=O) groups excluding carboxylic acids is 1. The Bertz CT molecular complexity index is 980. The number of sulfone groups is 1. The fourth-order valence-electron chi connectivity index (χ4n) is 2.92. The third-order valence-corrected chi connectivity index (χ3v) is 6.15. The Morgan fingerprint density at radius 1 is 1.07 bits per heavy atom. The van der Waals surface area contributed by atoms with Crippen molar-refractivity contribution in [2.75, 3.05) is 5.32 Å². The summed E-state index contributed by atoms with van der Waals surface area (Å²) >= 11 is 0. The van der Waals surface area contributed by atoms with Gasteiger partial charge in [0.2, 0.25) is 15.7 Å². The number of hydrogen-bond donors (Lipinski definition) is 1. The second-order valence-electron chi connectivity index (χ2n) is 6.30. The number of benzene rings is 2. The molecule has 1 N–H and O–H groups in total. The summed E-state index contributed by atoms with van der Waals surface area (Å²) in [4.78, 5) is 22.2. The number of non-ortho nitro benzene ring substituents is 1. The van der Waals surface area contributed by atoms with E-state index in [1.54, 1.807) is 0 Å². The molecular formula is C19H18N2O5S. The SMILES string of the molecule is O=C(C[C@H]1C=CCC1)Nc1ccc(S(=O)(=O)c2ccc([N+](=O)[O-])cc2)cc1. The minimum absolute atomic E-state index is 0.0297. The smallest absolute Gasteiger partial charge is 0.269 e. The summed E-state index contributed by atoms with van der Waals surface area (Å²) in [5.41, 5.74) is 0.341. The van der Waals surface area contributed by atoms with Gasteiger partial charge < -0.3 is 5.32 Å². The van der Waals surface area contributed by atoms with E-state index in [-0.39, 0.29) is 27.3 Å². The molecule has 7 nitrogen and oxygen atoms in total. The Hall–Kier alpha value is -3.00. The first-order valence-corrected chi connectivity index (χ1v) is 9.91. The Balaban J connectivity index is 1.70. The second kappa shape index (κ2) is 7.71. The molecule has 0 unspecified atom stereocenters. The summed E-state index contributed by atoms with van der Waals surface area (Å²) < 4.78 is 25.2. The molecule has 1 atom stereocenters. The summed E-state index contributed by atoms with van der Waals surface area (Å²) in [6, 6.07) is 10.6. The van der Waals surface area contributed by atoms with E-state index in [1.807, 2.05) is 6.08 Å². The number of anilines is 1. The Morgan fingerprint density at radius 2 is 1.67 bits per heavy atom. The quantitative estimate of drug-likeness (QED) is 0.462. The van der Waals surface area contributed by atoms with Crippen molar-refractivity contribution in [2.45, 2.75) is 29.1 Å². The number of nitro benzene ring substituents is 1. The van der Waals surface area contributed by atoms with Gasteiger partial charge in [-0.05, 0) is 55.2 Å². The first kappa shape index (κ1) is 18.8. The highest BCUT2D eigenvalue weighted by Crippen LogP contribution is 2.25. The van der Waals surface area contributed by atoms with E-state index in [1.165, 1.54) is 36.4 Å². The fourth-order valence-corrected chi connectivity index (χ4v) is 4.18. The topological polar surface area (TPSA) is 106 Å². The number of nitrogens with zero attached hydrogens (tertiary/aromatic N) is 1. The number of allylic oxidation sites excluding steroid dienone is 2. The average Bonchev–Trinajstić information content (AvgIpc) is 3.15. The second-order valence-corrected chi connectivity index (χ2v) is 8.25. The van der Waals surface area contributed by atoms with Crippen LogP contribution in [0.5, 0.6) is 0 Å². The number of nitrogens with one attached hydrogen (secondary N) is 1. The summed E-state index contributed by atoms with van der Waals surface area (Å²) in [7, 11) is -3.79. The van der Waals surface area contributed by atoms with Crippen molar-refractivity contribution in [2.24, 2.45) is 5.92 Å². The predicted molar refractivity (Wildman–Crippen MR) is 100 cm³/mol. The lowest BCUT2D eigenvalue weighted by Gasteiger charge is -2.10. The van der Waals surface area contributed by atoms with Crippen molar-refractivity contribution in [1.29, 1.82) is 0 Å². The lowest BCUT2D eigenvalue weighted by molar-refractivity contribution is -0.384. The average molecular weight is 386 g/mol. The van der Waals surface area contributed by atoms with Gasteiger partial charge in [-0.3, -0.25) is 14.9 Å². The van der Waals surface area contributed by atoms with Crippen LogP contribution in [0.25, 0.3) is 0 Å². The zero-order valence-corrected chi connectivity index (χ0v) is 15.2. The first-order valence-electron chi connectivity index (χ1n) is 8.42. The fraction of sp³-hybridized carbons (Fsp3) is 0.211. The van der Waals surface area contributed by atoms with E-state index in [0.29, 0.717) is 12.1 Å². The van der Waals surface area contributed by atoms with Gasteiger partial charge in [0, 0.05) is 24.2 Å². The van der Waals surface area contributed by atoms with Crippen LogP contribution in [-0.4, -0.2) is 19.2 Å². The van der Waals surface area contributed by atoms with Gasteiger partial charge in [0.05, 0.1) is 14.7 Å². The van der Waals surface area contributed by atoms with Crippen LogP contribution in [0, 0.1) is 16.0 Å². The zero-order valence-electron chi connectivity index (χ0n) is 14.4. The van der Waals surface area contributed by atoms with E-state index in [2.05, 4.69) is 11.4 Å². The van der Waals surface area contributed by atoms with E-state index >= 15 is 0 Å². The van der Waals surface area contributed by atoms with Crippen molar-refractivity contribution in [3.8, 4) is 0 Å². The summed E-state index contributed by atoms with van der Waals surface area (Å²) in [5, 5.41) is 13.4. The van der Waals surface area contributed by atoms with Gasteiger partial charge in [0.1, 0.15) is 0 Å². The molecule has 0 heterocycles. The first-order chi connectivity index (χ1) is 12.9. The monoisotopic (exact) mass is 386 g/mol. The van der Waals surface area contributed by atoms with Gasteiger partial charge >= 0.3 is 0 Å². The molecule has 1 amide bonds. The summed E-state index contributed by atoms with van der Waals surface area (Å²) in [6.07, 6.45) is 6.47. The van der Waals surface area contributed by atoms with E-state index in [4.69, 9.17) is 0 Å². The highest BCUT2D eigenvalue weighted by molar-refractivity contribution is 7.91. The third-order valence-electron chi connectivity index (χ3n) is 4.37. The molecule has 0 radical (unpaired) electrons. The van der Waals surface area contributed by atoms with Gasteiger partial charge in [-0.15, -0.1) is 0 Å². The largest absolute Gasteiger partial charge is 0.326 e. The standard InChI is InChI=1S/C19H18N2O5S/c22-19(13-14-3-1-2-4-14)20-15-5-9-17(10-6-15)27(25,26)18-11-7-16(8-12-18)21(23)24/h1,3,5-12,14H,2,4,13H2,(H,20,22)/t14-/m0/s1. The molecule has 1 aliphatic rings. The van der Waals surface area contributed by atoms with E-state index in [9.17, 15) is 23.3 Å². The highest BCUT2D eigenvalue weighted by Gasteiger charge is 2.19. The molecule has 140 valence electrons. The minimum atomic E-state index is -3.79. The van der Waals surface area contributed by atoms with Crippen LogP contribution in [-0.2, 0) is 14.6 Å². The molecule has 0 saturated carbocycles. The highest BCUT2D eigenvalue weighted by atomic mass is 32.2.